The summed E-state index contributed by atoms with van der Waals surface area (Å²) < 4.78 is 0. The molecule has 160 valence electrons. The SMILES string of the molecule is N=C1C=C(c2ccc3c(-c4ccccc4)c4ccccc4c(-c4ccccc4)c3c2)C=C=CC1. The van der Waals surface area contributed by atoms with Gasteiger partial charge in [0.05, 0.1) is 0 Å². The fraction of sp³-hybridized carbons (Fsp3) is 0.0303. The summed E-state index contributed by atoms with van der Waals surface area (Å²) >= 11 is 0. The van der Waals surface area contributed by atoms with Gasteiger partial charge in [-0.05, 0) is 79.2 Å². The Labute approximate surface area is 199 Å². The summed E-state index contributed by atoms with van der Waals surface area (Å²) in [4.78, 5) is 0. The largest absolute Gasteiger partial charge is 0.305 e. The van der Waals surface area contributed by atoms with Crippen LogP contribution in [0.15, 0.2) is 127 Å². The van der Waals surface area contributed by atoms with Crippen molar-refractivity contribution < 1.29 is 0 Å². The van der Waals surface area contributed by atoms with Gasteiger partial charge in [-0.3, -0.25) is 0 Å². The van der Waals surface area contributed by atoms with E-state index in [2.05, 4.69) is 109 Å². The molecule has 0 aliphatic heterocycles. The second-order valence-corrected chi connectivity index (χ2v) is 8.63. The van der Waals surface area contributed by atoms with Crippen molar-refractivity contribution in [2.24, 2.45) is 0 Å². The van der Waals surface area contributed by atoms with Crippen LogP contribution in [0.2, 0.25) is 0 Å². The maximum Gasteiger partial charge on any atom is 0.0364 e. The molecule has 0 saturated carbocycles. The van der Waals surface area contributed by atoms with Crippen molar-refractivity contribution in [2.45, 2.75) is 6.42 Å². The molecule has 1 nitrogen and oxygen atoms in total. The molecule has 5 aromatic rings. The maximum atomic E-state index is 8.23. The monoisotopic (exact) mass is 433 g/mol. The fourth-order valence-corrected chi connectivity index (χ4v) is 4.96. The molecule has 1 aliphatic rings. The molecule has 34 heavy (non-hydrogen) atoms. The van der Waals surface area contributed by atoms with E-state index in [-0.39, 0.29) is 0 Å². The van der Waals surface area contributed by atoms with Crippen molar-refractivity contribution in [3.8, 4) is 22.3 Å². The van der Waals surface area contributed by atoms with Crippen LogP contribution in [0.5, 0.6) is 0 Å². The van der Waals surface area contributed by atoms with Gasteiger partial charge in [0.25, 0.3) is 0 Å². The lowest BCUT2D eigenvalue weighted by atomic mass is 9.85. The van der Waals surface area contributed by atoms with Gasteiger partial charge in [0.15, 0.2) is 0 Å². The predicted molar refractivity (Wildman–Crippen MR) is 145 cm³/mol. The van der Waals surface area contributed by atoms with E-state index in [0.29, 0.717) is 12.1 Å². The van der Waals surface area contributed by atoms with Gasteiger partial charge in [-0.15, -0.1) is 5.73 Å². The van der Waals surface area contributed by atoms with Gasteiger partial charge in [0.1, 0.15) is 0 Å². The van der Waals surface area contributed by atoms with Crippen LogP contribution < -0.4 is 0 Å². The minimum atomic E-state index is 0.600. The normalized spacial score (nSPS) is 13.3. The third kappa shape index (κ3) is 3.49. The van der Waals surface area contributed by atoms with Crippen LogP contribution in [-0.2, 0) is 0 Å². The van der Waals surface area contributed by atoms with E-state index in [0.717, 1.165) is 11.1 Å². The summed E-state index contributed by atoms with van der Waals surface area (Å²) in [5.74, 6) is 0. The quantitative estimate of drug-likeness (QED) is 0.217. The summed E-state index contributed by atoms with van der Waals surface area (Å²) in [6.45, 7) is 0. The molecule has 0 aromatic heterocycles. The molecule has 0 spiro atoms. The zero-order valence-electron chi connectivity index (χ0n) is 18.8. The Balaban J connectivity index is 1.77. The van der Waals surface area contributed by atoms with Crippen molar-refractivity contribution in [3.63, 3.8) is 0 Å². The van der Waals surface area contributed by atoms with Gasteiger partial charge in [-0.1, -0.05) is 97.1 Å². The highest BCUT2D eigenvalue weighted by molar-refractivity contribution is 6.21. The van der Waals surface area contributed by atoms with E-state index in [1.54, 1.807) is 0 Å². The lowest BCUT2D eigenvalue weighted by Gasteiger charge is -2.18. The molecule has 1 heteroatoms. The summed E-state index contributed by atoms with van der Waals surface area (Å²) in [6.07, 6.45) is 6.48. The summed E-state index contributed by atoms with van der Waals surface area (Å²) in [7, 11) is 0. The Morgan fingerprint density at radius 3 is 1.76 bits per heavy atom. The highest BCUT2D eigenvalue weighted by atomic mass is 14.4. The van der Waals surface area contributed by atoms with Gasteiger partial charge in [-0.25, -0.2) is 0 Å². The van der Waals surface area contributed by atoms with E-state index in [9.17, 15) is 0 Å². The predicted octanol–water partition coefficient (Wildman–Crippen LogP) is 8.85. The summed E-state index contributed by atoms with van der Waals surface area (Å²) in [5.41, 5.74) is 10.9. The number of hydrogen-bond acceptors (Lipinski definition) is 1. The van der Waals surface area contributed by atoms with Crippen LogP contribution in [0, 0.1) is 5.41 Å². The second-order valence-electron chi connectivity index (χ2n) is 8.63. The van der Waals surface area contributed by atoms with Crippen molar-refractivity contribution >= 4 is 32.8 Å². The van der Waals surface area contributed by atoms with E-state index in [1.165, 1.54) is 43.8 Å². The molecule has 6 rings (SSSR count). The Morgan fingerprint density at radius 2 is 1.12 bits per heavy atom. The Bertz CT molecular complexity index is 1650. The zero-order chi connectivity index (χ0) is 22.9. The van der Waals surface area contributed by atoms with Gasteiger partial charge in [0.2, 0.25) is 0 Å². The smallest absolute Gasteiger partial charge is 0.0364 e. The van der Waals surface area contributed by atoms with E-state index >= 15 is 0 Å². The molecular weight excluding hydrogens is 410 g/mol. The molecule has 1 aliphatic carbocycles. The minimum absolute atomic E-state index is 0.600. The van der Waals surface area contributed by atoms with Crippen LogP contribution in [-0.4, -0.2) is 5.71 Å². The number of allylic oxidation sites excluding steroid dienone is 3. The minimum Gasteiger partial charge on any atom is -0.305 e. The van der Waals surface area contributed by atoms with Crippen molar-refractivity contribution in [2.75, 3.05) is 0 Å². The number of fused-ring (bicyclic) bond motifs is 2. The van der Waals surface area contributed by atoms with Crippen molar-refractivity contribution in [1.82, 2.24) is 0 Å². The zero-order valence-corrected chi connectivity index (χ0v) is 18.8. The van der Waals surface area contributed by atoms with E-state index in [1.807, 2.05) is 18.2 Å². The fourth-order valence-electron chi connectivity index (χ4n) is 4.96. The lowest BCUT2D eigenvalue weighted by Crippen LogP contribution is -1.93. The van der Waals surface area contributed by atoms with Gasteiger partial charge in [0, 0.05) is 12.1 Å². The molecule has 0 heterocycles. The first-order valence-corrected chi connectivity index (χ1v) is 11.6. The highest BCUT2D eigenvalue weighted by Gasteiger charge is 2.17. The van der Waals surface area contributed by atoms with Crippen molar-refractivity contribution in [3.05, 3.63) is 133 Å². The molecule has 0 saturated heterocycles. The molecular formula is C33H23N. The average Bonchev–Trinajstić information content (AvgIpc) is 3.12. The summed E-state index contributed by atoms with van der Waals surface area (Å²) in [6, 6.07) is 36.8. The van der Waals surface area contributed by atoms with Crippen LogP contribution >= 0.6 is 0 Å². The molecule has 0 atom stereocenters. The third-order valence-corrected chi connectivity index (χ3v) is 6.49. The van der Waals surface area contributed by atoms with Gasteiger partial charge >= 0.3 is 0 Å². The average molecular weight is 434 g/mol. The van der Waals surface area contributed by atoms with E-state index < -0.39 is 0 Å². The van der Waals surface area contributed by atoms with Crippen LogP contribution in [0.25, 0.3) is 49.4 Å². The van der Waals surface area contributed by atoms with Crippen LogP contribution in [0.1, 0.15) is 12.0 Å². The standard InChI is InChI=1S/C33H23N/c34-27-16-8-7-15-25(21-27)26-19-20-30-31(22-26)33(24-13-5-2-6-14-24)29-18-10-9-17-28(29)32(30)23-11-3-1-4-12-23/h1-6,8-15,17-22,34H,16H2. The number of nitrogens with one attached hydrogen (secondary N) is 1. The third-order valence-electron chi connectivity index (χ3n) is 6.49. The van der Waals surface area contributed by atoms with E-state index in [4.69, 9.17) is 5.41 Å². The molecule has 0 bridgehead atoms. The molecule has 0 fully saturated rings. The highest BCUT2D eigenvalue weighted by Crippen LogP contribution is 2.44. The Morgan fingerprint density at radius 1 is 0.559 bits per heavy atom. The topological polar surface area (TPSA) is 23.9 Å². The molecule has 5 aromatic carbocycles. The maximum absolute atomic E-state index is 8.23. The first-order valence-electron chi connectivity index (χ1n) is 11.6. The summed E-state index contributed by atoms with van der Waals surface area (Å²) in [5, 5.41) is 13.2. The van der Waals surface area contributed by atoms with Gasteiger partial charge in [-0.2, -0.15) is 0 Å². The number of benzene rings is 5. The van der Waals surface area contributed by atoms with Gasteiger partial charge < -0.3 is 5.41 Å². The van der Waals surface area contributed by atoms with Crippen LogP contribution in [0.3, 0.4) is 0 Å². The number of hydrogen-bond donors (Lipinski definition) is 1. The lowest BCUT2D eigenvalue weighted by molar-refractivity contribution is 1.39. The Kier molecular flexibility index (Phi) is 5.03. The second kappa shape index (κ2) is 8.48. The molecule has 0 radical (unpaired) electrons. The van der Waals surface area contributed by atoms with Crippen molar-refractivity contribution in [1.29, 1.82) is 5.41 Å². The number of rotatable bonds is 3. The first-order chi connectivity index (χ1) is 16.8. The Hall–Kier alpha value is -4.45. The molecule has 1 N–H and O–H groups in total. The first kappa shape index (κ1) is 20.2. The van der Waals surface area contributed by atoms with Crippen LogP contribution in [0.4, 0.5) is 0 Å². The molecule has 0 amide bonds. The molecule has 0 unspecified atom stereocenters.